The zero-order chi connectivity index (χ0) is 13.9. The van der Waals surface area contributed by atoms with E-state index in [1.807, 2.05) is 41.1 Å². The zero-order valence-corrected chi connectivity index (χ0v) is 11.1. The fourth-order valence-corrected chi connectivity index (χ4v) is 2.37. The van der Waals surface area contributed by atoms with Crippen LogP contribution in [0, 0.1) is 0 Å². The molecule has 1 aromatic carbocycles. The molecular formula is C15H16N4O. The van der Waals surface area contributed by atoms with Crippen molar-refractivity contribution in [2.45, 2.75) is 19.5 Å². The van der Waals surface area contributed by atoms with Gasteiger partial charge in [0.05, 0.1) is 5.52 Å². The number of anilines is 1. The number of aromatic nitrogens is 3. The summed E-state index contributed by atoms with van der Waals surface area (Å²) in [4.78, 5) is 12.0. The first-order valence-corrected chi connectivity index (χ1v) is 6.61. The van der Waals surface area contributed by atoms with Crippen LogP contribution in [0.3, 0.4) is 0 Å². The molecular weight excluding hydrogens is 252 g/mol. The Hall–Kier alpha value is -2.56. The maximum Gasteiger partial charge on any atom is 0.251 e. The van der Waals surface area contributed by atoms with Gasteiger partial charge in [0.1, 0.15) is 5.82 Å². The van der Waals surface area contributed by atoms with Gasteiger partial charge < -0.3 is 10.3 Å². The van der Waals surface area contributed by atoms with Crippen LogP contribution in [0.1, 0.15) is 6.42 Å². The number of para-hydroxylation sites is 1. The van der Waals surface area contributed by atoms with Gasteiger partial charge in [-0.05, 0) is 30.0 Å². The summed E-state index contributed by atoms with van der Waals surface area (Å²) in [6, 6.07) is 13.2. The molecule has 5 nitrogen and oxygen atoms in total. The van der Waals surface area contributed by atoms with Crippen molar-refractivity contribution in [1.82, 2.24) is 14.3 Å². The number of pyridine rings is 1. The normalized spacial score (nSPS) is 11.0. The highest BCUT2D eigenvalue weighted by molar-refractivity contribution is 5.78. The Bertz CT molecular complexity index is 788. The Morgan fingerprint density at radius 1 is 1.05 bits per heavy atom. The number of benzene rings is 1. The summed E-state index contributed by atoms with van der Waals surface area (Å²) in [5, 5.41) is 5.21. The predicted molar refractivity (Wildman–Crippen MR) is 79.5 cm³/mol. The summed E-state index contributed by atoms with van der Waals surface area (Å²) in [6.45, 7) is 1.41. The average molecular weight is 268 g/mol. The SMILES string of the molecule is Nc1ccn(CCCn2c(=O)ccc3ccccc32)n1. The van der Waals surface area contributed by atoms with E-state index in [4.69, 9.17) is 5.73 Å². The summed E-state index contributed by atoms with van der Waals surface area (Å²) in [5.41, 5.74) is 6.58. The highest BCUT2D eigenvalue weighted by Crippen LogP contribution is 2.11. The van der Waals surface area contributed by atoms with Crippen LogP contribution in [-0.2, 0) is 13.1 Å². The molecule has 0 aliphatic rings. The Labute approximate surface area is 116 Å². The number of nitrogens with two attached hydrogens (primary N) is 1. The summed E-state index contributed by atoms with van der Waals surface area (Å²) in [7, 11) is 0. The van der Waals surface area contributed by atoms with E-state index in [9.17, 15) is 4.79 Å². The van der Waals surface area contributed by atoms with Gasteiger partial charge in [0.15, 0.2) is 0 Å². The molecule has 2 heterocycles. The van der Waals surface area contributed by atoms with Crippen molar-refractivity contribution in [2.24, 2.45) is 0 Å². The molecule has 0 amide bonds. The summed E-state index contributed by atoms with van der Waals surface area (Å²) < 4.78 is 3.60. The maximum atomic E-state index is 12.0. The third-order valence-corrected chi connectivity index (χ3v) is 3.33. The number of hydrogen-bond donors (Lipinski definition) is 1. The van der Waals surface area contributed by atoms with Crippen LogP contribution >= 0.6 is 0 Å². The molecule has 3 aromatic rings. The molecule has 2 N–H and O–H groups in total. The Morgan fingerprint density at radius 3 is 2.70 bits per heavy atom. The number of fused-ring (bicyclic) bond motifs is 1. The van der Waals surface area contributed by atoms with Crippen LogP contribution in [0.25, 0.3) is 10.9 Å². The second kappa shape index (κ2) is 5.21. The van der Waals surface area contributed by atoms with E-state index < -0.39 is 0 Å². The lowest BCUT2D eigenvalue weighted by Gasteiger charge is -2.09. The molecule has 0 saturated heterocycles. The molecule has 0 aliphatic heterocycles. The topological polar surface area (TPSA) is 65.8 Å². The molecule has 0 bridgehead atoms. The fraction of sp³-hybridized carbons (Fsp3) is 0.200. The van der Waals surface area contributed by atoms with Crippen LogP contribution < -0.4 is 11.3 Å². The summed E-state index contributed by atoms with van der Waals surface area (Å²) in [5.74, 6) is 0.521. The van der Waals surface area contributed by atoms with Gasteiger partial charge in [-0.2, -0.15) is 5.10 Å². The van der Waals surface area contributed by atoms with Crippen LogP contribution in [-0.4, -0.2) is 14.3 Å². The molecule has 2 aromatic heterocycles. The first kappa shape index (κ1) is 12.5. The molecule has 0 atom stereocenters. The lowest BCUT2D eigenvalue weighted by atomic mass is 10.2. The number of hydrogen-bond acceptors (Lipinski definition) is 3. The number of rotatable bonds is 4. The largest absolute Gasteiger partial charge is 0.382 e. The van der Waals surface area contributed by atoms with Crippen molar-refractivity contribution in [2.75, 3.05) is 5.73 Å². The van der Waals surface area contributed by atoms with Gasteiger partial charge >= 0.3 is 0 Å². The van der Waals surface area contributed by atoms with E-state index in [2.05, 4.69) is 5.10 Å². The second-order valence-corrected chi connectivity index (χ2v) is 4.74. The molecule has 0 saturated carbocycles. The maximum absolute atomic E-state index is 12.0. The molecule has 5 heteroatoms. The minimum atomic E-state index is 0.0312. The number of nitrogens with zero attached hydrogens (tertiary/aromatic N) is 3. The first-order chi connectivity index (χ1) is 9.74. The van der Waals surface area contributed by atoms with Gasteiger partial charge in [0.2, 0.25) is 0 Å². The number of aryl methyl sites for hydroxylation is 2. The van der Waals surface area contributed by atoms with E-state index in [1.165, 1.54) is 0 Å². The van der Waals surface area contributed by atoms with Gasteiger partial charge in [0.25, 0.3) is 5.56 Å². The van der Waals surface area contributed by atoms with E-state index in [0.717, 1.165) is 23.9 Å². The van der Waals surface area contributed by atoms with E-state index in [1.54, 1.807) is 16.8 Å². The second-order valence-electron chi connectivity index (χ2n) is 4.74. The highest BCUT2D eigenvalue weighted by atomic mass is 16.1. The molecule has 102 valence electrons. The molecule has 0 radical (unpaired) electrons. The van der Waals surface area contributed by atoms with Crippen LogP contribution in [0.4, 0.5) is 5.82 Å². The van der Waals surface area contributed by atoms with E-state index in [-0.39, 0.29) is 5.56 Å². The highest BCUT2D eigenvalue weighted by Gasteiger charge is 2.02. The molecule has 3 rings (SSSR count). The van der Waals surface area contributed by atoms with E-state index in [0.29, 0.717) is 12.4 Å². The van der Waals surface area contributed by atoms with Crippen molar-refractivity contribution >= 4 is 16.7 Å². The van der Waals surface area contributed by atoms with Crippen LogP contribution in [0.2, 0.25) is 0 Å². The standard InChI is InChI=1S/C15H16N4O/c16-14-8-11-18(17-14)9-3-10-19-13-5-2-1-4-12(13)6-7-15(19)20/h1-2,4-8,11H,3,9-10H2,(H2,16,17). The monoisotopic (exact) mass is 268 g/mol. The number of nitrogen functional groups attached to an aromatic ring is 1. The third-order valence-electron chi connectivity index (χ3n) is 3.33. The first-order valence-electron chi connectivity index (χ1n) is 6.61. The third kappa shape index (κ3) is 2.42. The quantitative estimate of drug-likeness (QED) is 0.785. The Morgan fingerprint density at radius 2 is 1.90 bits per heavy atom. The van der Waals surface area contributed by atoms with Crippen molar-refractivity contribution in [3.05, 3.63) is 59.0 Å². The lowest BCUT2D eigenvalue weighted by molar-refractivity contribution is 0.528. The molecule has 20 heavy (non-hydrogen) atoms. The lowest BCUT2D eigenvalue weighted by Crippen LogP contribution is -2.20. The van der Waals surface area contributed by atoms with Gasteiger partial charge in [0, 0.05) is 25.4 Å². The van der Waals surface area contributed by atoms with Crippen molar-refractivity contribution < 1.29 is 0 Å². The van der Waals surface area contributed by atoms with Gasteiger partial charge in [-0.25, -0.2) is 0 Å². The average Bonchev–Trinajstić information content (AvgIpc) is 2.87. The van der Waals surface area contributed by atoms with Gasteiger partial charge in [-0.3, -0.25) is 9.48 Å². The van der Waals surface area contributed by atoms with Crippen molar-refractivity contribution in [3.8, 4) is 0 Å². The summed E-state index contributed by atoms with van der Waals surface area (Å²) >= 11 is 0. The van der Waals surface area contributed by atoms with Crippen molar-refractivity contribution in [3.63, 3.8) is 0 Å². The minimum absolute atomic E-state index is 0.0312. The van der Waals surface area contributed by atoms with Gasteiger partial charge in [-0.1, -0.05) is 18.2 Å². The Kier molecular flexibility index (Phi) is 3.25. The molecule has 0 spiro atoms. The smallest absolute Gasteiger partial charge is 0.251 e. The van der Waals surface area contributed by atoms with E-state index >= 15 is 0 Å². The molecule has 0 aliphatic carbocycles. The Balaban J connectivity index is 1.80. The van der Waals surface area contributed by atoms with Crippen LogP contribution in [0.5, 0.6) is 0 Å². The fourth-order valence-electron chi connectivity index (χ4n) is 2.37. The predicted octanol–water partition coefficient (Wildman–Crippen LogP) is 1.87. The minimum Gasteiger partial charge on any atom is -0.382 e. The van der Waals surface area contributed by atoms with Crippen molar-refractivity contribution in [1.29, 1.82) is 0 Å². The molecule has 0 unspecified atom stereocenters. The molecule has 0 fully saturated rings. The summed E-state index contributed by atoms with van der Waals surface area (Å²) in [6.07, 6.45) is 2.68. The van der Waals surface area contributed by atoms with Crippen LogP contribution in [0.15, 0.2) is 53.5 Å². The zero-order valence-electron chi connectivity index (χ0n) is 11.1. The van der Waals surface area contributed by atoms with Gasteiger partial charge in [-0.15, -0.1) is 0 Å².